The smallest absolute Gasteiger partial charge is 0.326 e. The van der Waals surface area contributed by atoms with Gasteiger partial charge in [0.1, 0.15) is 11.7 Å². The van der Waals surface area contributed by atoms with Crippen LogP contribution in [0.25, 0.3) is 6.08 Å². The van der Waals surface area contributed by atoms with Crippen LogP contribution in [-0.4, -0.2) is 28.9 Å². The fourth-order valence-electron chi connectivity index (χ4n) is 2.57. The Kier molecular flexibility index (Phi) is 7.98. The van der Waals surface area contributed by atoms with Crippen LogP contribution in [0.2, 0.25) is 5.02 Å². The molecule has 0 unspecified atom stereocenters. The minimum atomic E-state index is -1.13. The minimum Gasteiger partial charge on any atom is -0.480 e. The van der Waals surface area contributed by atoms with Gasteiger partial charge < -0.3 is 15.7 Å². The highest BCUT2D eigenvalue weighted by molar-refractivity contribution is 6.30. The molecule has 0 aliphatic rings. The van der Waals surface area contributed by atoms with Gasteiger partial charge in [0, 0.05) is 10.6 Å². The molecule has 2 amide bonds. The normalized spacial score (nSPS) is 12.2. The molecule has 3 N–H and O–H groups in total. The summed E-state index contributed by atoms with van der Waals surface area (Å²) in [6.07, 6.45) is 2.34. The lowest BCUT2D eigenvalue weighted by atomic mass is 10.1. The molecule has 2 rings (SSSR count). The lowest BCUT2D eigenvalue weighted by Crippen LogP contribution is -2.44. The number of hydrogen-bond donors (Lipinski definition) is 3. The number of nitrogens with one attached hydrogen (secondary N) is 2. The Hall–Kier alpha value is -3.12. The van der Waals surface area contributed by atoms with Crippen LogP contribution in [0.1, 0.15) is 41.3 Å². The third-order valence-corrected chi connectivity index (χ3v) is 4.42. The van der Waals surface area contributed by atoms with Crippen LogP contribution in [0.15, 0.2) is 54.2 Å². The van der Waals surface area contributed by atoms with Gasteiger partial charge in [-0.05, 0) is 49.2 Å². The highest BCUT2D eigenvalue weighted by Crippen LogP contribution is 2.13. The van der Waals surface area contributed by atoms with Gasteiger partial charge in [-0.25, -0.2) is 4.79 Å². The average Bonchev–Trinajstić information content (AvgIpc) is 2.69. The molecule has 0 aromatic heterocycles. The van der Waals surface area contributed by atoms with Crippen molar-refractivity contribution in [3.8, 4) is 0 Å². The molecule has 7 heteroatoms. The number of aryl methyl sites for hydroxylation is 1. The van der Waals surface area contributed by atoms with Crippen molar-refractivity contribution in [3.63, 3.8) is 0 Å². The van der Waals surface area contributed by atoms with E-state index in [-0.39, 0.29) is 12.1 Å². The summed E-state index contributed by atoms with van der Waals surface area (Å²) in [6.45, 7) is 3.73. The summed E-state index contributed by atoms with van der Waals surface area (Å²) in [7, 11) is 0. The maximum absolute atomic E-state index is 12.7. The summed E-state index contributed by atoms with van der Waals surface area (Å²) >= 11 is 5.89. The summed E-state index contributed by atoms with van der Waals surface area (Å²) < 4.78 is 0. The molecule has 0 heterocycles. The number of hydrogen-bond acceptors (Lipinski definition) is 3. The summed E-state index contributed by atoms with van der Waals surface area (Å²) in [5.74, 6) is -2.28. The van der Waals surface area contributed by atoms with Crippen molar-refractivity contribution in [2.75, 3.05) is 0 Å². The second-order valence-electron chi connectivity index (χ2n) is 6.58. The lowest BCUT2D eigenvalue weighted by molar-refractivity contribution is -0.141. The quantitative estimate of drug-likeness (QED) is 0.572. The van der Waals surface area contributed by atoms with Crippen LogP contribution in [0, 0.1) is 6.92 Å². The van der Waals surface area contributed by atoms with Gasteiger partial charge in [-0.15, -0.1) is 0 Å². The second kappa shape index (κ2) is 10.4. The molecule has 152 valence electrons. The Balaban J connectivity index is 2.30. The lowest BCUT2D eigenvalue weighted by Gasteiger charge is -2.16. The zero-order valence-corrected chi connectivity index (χ0v) is 17.0. The molecule has 29 heavy (non-hydrogen) atoms. The van der Waals surface area contributed by atoms with Gasteiger partial charge in [0.2, 0.25) is 0 Å². The molecule has 1 atom stereocenters. The van der Waals surface area contributed by atoms with Gasteiger partial charge in [-0.3, -0.25) is 9.59 Å². The van der Waals surface area contributed by atoms with E-state index in [1.165, 1.54) is 6.08 Å². The molecule has 0 saturated carbocycles. The van der Waals surface area contributed by atoms with Gasteiger partial charge in [0.05, 0.1) is 0 Å². The Morgan fingerprint density at radius 1 is 1.07 bits per heavy atom. The topological polar surface area (TPSA) is 95.5 Å². The molecule has 0 radical (unpaired) electrons. The Morgan fingerprint density at radius 3 is 2.24 bits per heavy atom. The van der Waals surface area contributed by atoms with Crippen molar-refractivity contribution >= 4 is 35.5 Å². The average molecular weight is 415 g/mol. The first-order chi connectivity index (χ1) is 13.8. The number of carboxylic acid groups (broad SMARTS) is 1. The first-order valence-corrected chi connectivity index (χ1v) is 9.57. The Morgan fingerprint density at radius 2 is 1.69 bits per heavy atom. The molecule has 0 saturated heterocycles. The van der Waals surface area contributed by atoms with E-state index in [2.05, 4.69) is 10.6 Å². The molecule has 0 spiro atoms. The number of carboxylic acids is 1. The van der Waals surface area contributed by atoms with E-state index >= 15 is 0 Å². The second-order valence-corrected chi connectivity index (χ2v) is 7.02. The van der Waals surface area contributed by atoms with Crippen LogP contribution >= 0.6 is 11.6 Å². The summed E-state index contributed by atoms with van der Waals surface area (Å²) in [5, 5.41) is 14.9. The van der Waals surface area contributed by atoms with E-state index in [0.717, 1.165) is 5.56 Å². The van der Waals surface area contributed by atoms with Gasteiger partial charge in [0.15, 0.2) is 0 Å². The van der Waals surface area contributed by atoms with Crippen LogP contribution in [0.3, 0.4) is 0 Å². The number of rotatable bonds is 8. The van der Waals surface area contributed by atoms with Crippen molar-refractivity contribution in [2.45, 2.75) is 32.7 Å². The number of carbonyl (C=O) groups excluding carboxylic acids is 2. The molecule has 0 bridgehead atoms. The van der Waals surface area contributed by atoms with E-state index < -0.39 is 23.8 Å². The van der Waals surface area contributed by atoms with Gasteiger partial charge in [0.25, 0.3) is 11.8 Å². The predicted molar refractivity (Wildman–Crippen MR) is 113 cm³/mol. The van der Waals surface area contributed by atoms with Gasteiger partial charge in [-0.2, -0.15) is 0 Å². The number of aliphatic carboxylic acids is 1. The molecule has 0 aliphatic heterocycles. The van der Waals surface area contributed by atoms with E-state index in [0.29, 0.717) is 22.6 Å². The van der Waals surface area contributed by atoms with Crippen molar-refractivity contribution in [3.05, 3.63) is 75.9 Å². The largest absolute Gasteiger partial charge is 0.480 e. The van der Waals surface area contributed by atoms with E-state index in [1.54, 1.807) is 48.5 Å². The van der Waals surface area contributed by atoms with Gasteiger partial charge in [-0.1, -0.05) is 54.8 Å². The maximum Gasteiger partial charge on any atom is 0.326 e. The fourth-order valence-corrected chi connectivity index (χ4v) is 2.69. The summed E-state index contributed by atoms with van der Waals surface area (Å²) in [4.78, 5) is 36.7. The number of halogens is 1. The molecular weight excluding hydrogens is 392 g/mol. The van der Waals surface area contributed by atoms with E-state index in [1.807, 2.05) is 13.8 Å². The molecule has 0 aliphatic carbocycles. The highest BCUT2D eigenvalue weighted by Gasteiger charge is 2.22. The molecular formula is C22H23ClN2O4. The number of carbonyl (C=O) groups is 3. The highest BCUT2D eigenvalue weighted by atomic mass is 35.5. The molecule has 6 nitrogen and oxygen atoms in total. The summed E-state index contributed by atoms with van der Waals surface area (Å²) in [6, 6.07) is 12.5. The molecule has 2 aromatic rings. The first kappa shape index (κ1) is 22.2. The van der Waals surface area contributed by atoms with Crippen LogP contribution in [0.4, 0.5) is 0 Å². The zero-order chi connectivity index (χ0) is 21.4. The Labute approximate surface area is 174 Å². The van der Waals surface area contributed by atoms with E-state index in [9.17, 15) is 19.5 Å². The van der Waals surface area contributed by atoms with Crippen molar-refractivity contribution in [1.29, 1.82) is 0 Å². The number of benzene rings is 2. The number of amides is 2. The Bertz CT molecular complexity index is 905. The third-order valence-electron chi connectivity index (χ3n) is 4.17. The maximum atomic E-state index is 12.7. The van der Waals surface area contributed by atoms with Crippen LogP contribution < -0.4 is 10.6 Å². The first-order valence-electron chi connectivity index (χ1n) is 9.19. The minimum absolute atomic E-state index is 0.0553. The van der Waals surface area contributed by atoms with Crippen LogP contribution in [-0.2, 0) is 9.59 Å². The standard InChI is InChI=1S/C22H23ClN2O4/c1-3-4-18(22(28)29)24-21(27)19(13-15-7-11-17(23)12-8-15)25-20(26)16-9-5-14(2)6-10-16/h5-13,18H,3-4H2,1-2H3,(H,24,27)(H,25,26)(H,28,29)/b19-13+/t18-/m1/s1. The fraction of sp³-hybridized carbons (Fsp3) is 0.227. The molecule has 0 fully saturated rings. The van der Waals surface area contributed by atoms with Crippen molar-refractivity contribution in [1.82, 2.24) is 10.6 Å². The van der Waals surface area contributed by atoms with Crippen LogP contribution in [0.5, 0.6) is 0 Å². The monoisotopic (exact) mass is 414 g/mol. The zero-order valence-electron chi connectivity index (χ0n) is 16.2. The van der Waals surface area contributed by atoms with Gasteiger partial charge >= 0.3 is 5.97 Å². The summed E-state index contributed by atoms with van der Waals surface area (Å²) in [5.41, 5.74) is 1.96. The SMILES string of the molecule is CCC[C@@H](NC(=O)/C(=C\c1ccc(Cl)cc1)NC(=O)c1ccc(C)cc1)C(=O)O. The van der Waals surface area contributed by atoms with Crippen molar-refractivity contribution in [2.24, 2.45) is 0 Å². The molecule has 2 aromatic carbocycles. The third kappa shape index (κ3) is 6.76. The predicted octanol–water partition coefficient (Wildman–Crippen LogP) is 3.79. The van der Waals surface area contributed by atoms with Crippen molar-refractivity contribution < 1.29 is 19.5 Å². The van der Waals surface area contributed by atoms with E-state index in [4.69, 9.17) is 11.6 Å².